The molecule has 1 aromatic carbocycles. The Morgan fingerprint density at radius 1 is 1.30 bits per heavy atom. The van der Waals surface area contributed by atoms with E-state index in [0.29, 0.717) is 39.5 Å². The van der Waals surface area contributed by atoms with Gasteiger partial charge in [-0.2, -0.15) is 0 Å². The summed E-state index contributed by atoms with van der Waals surface area (Å²) in [6.45, 7) is 0.315. The summed E-state index contributed by atoms with van der Waals surface area (Å²) >= 11 is 2.55. The maximum Gasteiger partial charge on any atom is 0.512 e. The highest BCUT2D eigenvalue weighted by molar-refractivity contribution is 8.01. The first-order chi connectivity index (χ1) is 15.8. The first-order valence-electron chi connectivity index (χ1n) is 9.89. The number of phenols is 1. The predicted octanol–water partition coefficient (Wildman–Crippen LogP) is 1.97. The summed E-state index contributed by atoms with van der Waals surface area (Å²) in [6.07, 6.45) is -0.973. The largest absolute Gasteiger partial charge is 0.512 e. The number of nitrogens with one attached hydrogen (secondary N) is 1. The van der Waals surface area contributed by atoms with E-state index in [2.05, 4.69) is 15.5 Å². The van der Waals surface area contributed by atoms with Crippen molar-refractivity contribution in [1.82, 2.24) is 20.0 Å². The summed E-state index contributed by atoms with van der Waals surface area (Å²) < 4.78 is 5.64. The van der Waals surface area contributed by atoms with Crippen molar-refractivity contribution in [3.8, 4) is 5.75 Å². The van der Waals surface area contributed by atoms with Gasteiger partial charge < -0.3 is 30.9 Å². The predicted molar refractivity (Wildman–Crippen MR) is 118 cm³/mol. The Kier molecular flexibility index (Phi) is 5.25. The van der Waals surface area contributed by atoms with E-state index >= 15 is 0 Å². The molecule has 14 heteroatoms. The average molecular weight is 491 g/mol. The van der Waals surface area contributed by atoms with Crippen LogP contribution < -0.4 is 11.1 Å². The van der Waals surface area contributed by atoms with E-state index in [-0.39, 0.29) is 29.5 Å². The van der Waals surface area contributed by atoms with E-state index < -0.39 is 18.2 Å². The standard InChI is InChI=1S/C19H18N6O6S2/c20-16-22-23-18(33-16)32-7-11-10-5-6-24(17(28)21-8-1-3-9(26)4-2-8)13-12(10)25(14(13)27)15(11)31-19(29)30/h1-4,10,12-13,26H,5-7H2,(H2,20,22)(H,21,28)(H,29,30)/t10?,12-,13+/m1/s1. The lowest BCUT2D eigenvalue weighted by molar-refractivity contribution is -0.160. The van der Waals surface area contributed by atoms with Gasteiger partial charge in [-0.1, -0.05) is 23.1 Å². The molecule has 2 fully saturated rings. The third-order valence-corrected chi connectivity index (χ3v) is 7.75. The zero-order valence-electron chi connectivity index (χ0n) is 16.9. The molecule has 0 bridgehead atoms. The number of phenolic OH excluding ortho intramolecular Hbond substituents is 1. The summed E-state index contributed by atoms with van der Waals surface area (Å²) in [5, 5.41) is 29.4. The molecule has 0 aliphatic carbocycles. The number of hydrogen-bond donors (Lipinski definition) is 4. The molecule has 0 radical (unpaired) electrons. The third kappa shape index (κ3) is 3.70. The lowest BCUT2D eigenvalue weighted by Gasteiger charge is -2.52. The van der Waals surface area contributed by atoms with Crippen LogP contribution in [0.1, 0.15) is 6.42 Å². The molecule has 3 atom stereocenters. The van der Waals surface area contributed by atoms with Crippen LogP contribution in [0.5, 0.6) is 5.75 Å². The quantitative estimate of drug-likeness (QED) is 0.210. The van der Waals surface area contributed by atoms with Gasteiger partial charge in [0, 0.05) is 29.5 Å². The summed E-state index contributed by atoms with van der Waals surface area (Å²) in [4.78, 5) is 40.0. The van der Waals surface area contributed by atoms with E-state index in [1.807, 2.05) is 0 Å². The summed E-state index contributed by atoms with van der Waals surface area (Å²) in [6, 6.07) is 4.47. The topological polar surface area (TPSA) is 171 Å². The monoisotopic (exact) mass is 490 g/mol. The van der Waals surface area contributed by atoms with Crippen LogP contribution in [0.4, 0.5) is 20.4 Å². The molecule has 3 aliphatic rings. The molecule has 0 saturated carbocycles. The molecular weight excluding hydrogens is 472 g/mol. The van der Waals surface area contributed by atoms with Crippen LogP contribution in [0.2, 0.25) is 0 Å². The molecule has 3 amide bonds. The number of rotatable bonds is 5. The molecule has 4 heterocycles. The number of anilines is 2. The molecule has 5 N–H and O–H groups in total. The maximum atomic E-state index is 13.0. The summed E-state index contributed by atoms with van der Waals surface area (Å²) in [5.41, 5.74) is 6.80. The highest BCUT2D eigenvalue weighted by atomic mass is 32.2. The van der Waals surface area contributed by atoms with E-state index in [4.69, 9.17) is 10.5 Å². The van der Waals surface area contributed by atoms with Crippen LogP contribution in [-0.2, 0) is 9.53 Å². The van der Waals surface area contributed by atoms with Gasteiger partial charge in [0.15, 0.2) is 4.34 Å². The molecule has 2 aromatic rings. The van der Waals surface area contributed by atoms with Crippen molar-refractivity contribution >= 4 is 52.0 Å². The minimum absolute atomic E-state index is 0.0181. The van der Waals surface area contributed by atoms with Crippen molar-refractivity contribution in [2.24, 2.45) is 5.92 Å². The van der Waals surface area contributed by atoms with Crippen LogP contribution in [0.25, 0.3) is 0 Å². The smallest absolute Gasteiger partial charge is 0.508 e. The van der Waals surface area contributed by atoms with Gasteiger partial charge in [0.1, 0.15) is 11.8 Å². The number of thioether (sulfide) groups is 1. The zero-order chi connectivity index (χ0) is 23.3. The highest BCUT2D eigenvalue weighted by Crippen LogP contribution is 2.50. The Bertz CT molecular complexity index is 1170. The molecule has 2 saturated heterocycles. The highest BCUT2D eigenvalue weighted by Gasteiger charge is 2.64. The number of carbonyl (C=O) groups excluding carboxylic acids is 2. The van der Waals surface area contributed by atoms with E-state index in [1.54, 1.807) is 12.1 Å². The van der Waals surface area contributed by atoms with Gasteiger partial charge in [-0.05, 0) is 30.7 Å². The van der Waals surface area contributed by atoms with Crippen molar-refractivity contribution in [3.05, 3.63) is 35.7 Å². The summed E-state index contributed by atoms with van der Waals surface area (Å²) in [5.74, 6) is -0.0819. The number of aromatic hydroxyl groups is 1. The SMILES string of the molecule is Nc1nnc(SCC2=C(OC(=O)O)N3C(=O)[C@@H]4[C@H]3C2CCN4C(=O)Nc2ccc(O)cc2)s1. The number of carboxylic acid groups (broad SMARTS) is 1. The van der Waals surface area contributed by atoms with Gasteiger partial charge in [-0.15, -0.1) is 10.2 Å². The number of nitrogens with zero attached hydrogens (tertiary/aromatic N) is 4. The van der Waals surface area contributed by atoms with Crippen molar-refractivity contribution < 1.29 is 29.3 Å². The van der Waals surface area contributed by atoms with Gasteiger partial charge in [0.2, 0.25) is 11.0 Å². The number of aromatic nitrogens is 2. The van der Waals surface area contributed by atoms with Crippen molar-refractivity contribution in [2.75, 3.05) is 23.3 Å². The van der Waals surface area contributed by atoms with Crippen molar-refractivity contribution in [1.29, 1.82) is 0 Å². The van der Waals surface area contributed by atoms with Crippen LogP contribution in [0.3, 0.4) is 0 Å². The van der Waals surface area contributed by atoms with Crippen LogP contribution in [-0.4, -0.2) is 72.7 Å². The van der Waals surface area contributed by atoms with Crippen LogP contribution in [0, 0.1) is 5.92 Å². The molecule has 12 nitrogen and oxygen atoms in total. The minimum Gasteiger partial charge on any atom is -0.508 e. The first-order valence-corrected chi connectivity index (χ1v) is 11.7. The molecule has 172 valence electrons. The second-order valence-electron chi connectivity index (χ2n) is 7.60. The average Bonchev–Trinajstić information content (AvgIpc) is 3.31. The fourth-order valence-electron chi connectivity index (χ4n) is 4.48. The fraction of sp³-hybridized carbons (Fsp3) is 0.316. The Morgan fingerprint density at radius 3 is 2.73 bits per heavy atom. The number of nitrogens with two attached hydrogens (primary N) is 1. The zero-order valence-corrected chi connectivity index (χ0v) is 18.5. The van der Waals surface area contributed by atoms with Gasteiger partial charge in [-0.3, -0.25) is 9.69 Å². The number of likely N-dealkylation sites (tertiary alicyclic amines) is 1. The maximum absolute atomic E-state index is 13.0. The van der Waals surface area contributed by atoms with Gasteiger partial charge in [-0.25, -0.2) is 9.59 Å². The lowest BCUT2D eigenvalue weighted by atomic mass is 9.78. The number of ether oxygens (including phenoxy) is 1. The number of piperidine rings is 1. The summed E-state index contributed by atoms with van der Waals surface area (Å²) in [7, 11) is 0. The van der Waals surface area contributed by atoms with Gasteiger partial charge in [0.05, 0.1) is 6.04 Å². The Labute approximate surface area is 195 Å². The third-order valence-electron chi connectivity index (χ3n) is 5.82. The normalized spacial score (nSPS) is 23.3. The fourth-order valence-corrected chi connectivity index (χ4v) is 6.21. The van der Waals surface area contributed by atoms with E-state index in [0.717, 1.165) is 0 Å². The van der Waals surface area contributed by atoms with Crippen LogP contribution in [0.15, 0.2) is 40.1 Å². The Morgan fingerprint density at radius 2 is 2.06 bits per heavy atom. The molecule has 33 heavy (non-hydrogen) atoms. The second-order valence-corrected chi connectivity index (χ2v) is 9.83. The molecular formula is C19H18N6O6S2. The lowest BCUT2D eigenvalue weighted by Crippen LogP contribution is -2.73. The van der Waals surface area contributed by atoms with Crippen molar-refractivity contribution in [3.63, 3.8) is 0 Å². The number of nitrogen functional groups attached to an aromatic ring is 1. The number of amides is 3. The minimum atomic E-state index is -1.51. The molecule has 1 unspecified atom stereocenters. The van der Waals surface area contributed by atoms with Crippen molar-refractivity contribution in [2.45, 2.75) is 22.8 Å². The molecule has 0 spiro atoms. The number of urea groups is 1. The number of benzene rings is 1. The molecule has 3 aliphatic heterocycles. The van der Waals surface area contributed by atoms with Crippen LogP contribution >= 0.6 is 23.1 Å². The van der Waals surface area contributed by atoms with E-state index in [1.165, 1.54) is 45.0 Å². The molecule has 1 aromatic heterocycles. The number of carbonyl (C=O) groups is 3. The molecule has 5 rings (SSSR count). The van der Waals surface area contributed by atoms with E-state index in [9.17, 15) is 24.6 Å². The van der Waals surface area contributed by atoms with Gasteiger partial charge in [0.25, 0.3) is 5.91 Å². The first kappa shape index (κ1) is 21.3. The number of hydrogen-bond acceptors (Lipinski definition) is 10. The Hall–Kier alpha value is -3.52. The number of β-lactam (4-membered cyclic amide) rings is 1. The second kappa shape index (κ2) is 8.12. The van der Waals surface area contributed by atoms with Gasteiger partial charge >= 0.3 is 12.2 Å². The Balaban J connectivity index is 1.35.